The van der Waals surface area contributed by atoms with Crippen molar-refractivity contribution in [1.29, 1.82) is 0 Å². The largest absolute Gasteiger partial charge is 0.449 e. The molecule has 0 saturated carbocycles. The first kappa shape index (κ1) is 10.3. The van der Waals surface area contributed by atoms with Crippen molar-refractivity contribution >= 4 is 9.84 Å². The third-order valence-corrected chi connectivity index (χ3v) is 2.64. The predicted molar refractivity (Wildman–Crippen MR) is 50.5 cm³/mol. The van der Waals surface area contributed by atoms with E-state index in [9.17, 15) is 8.42 Å². The molecule has 0 aromatic carbocycles. The number of furan rings is 1. The van der Waals surface area contributed by atoms with Gasteiger partial charge in [0.05, 0.1) is 0 Å². The van der Waals surface area contributed by atoms with Crippen LogP contribution < -0.4 is 0 Å². The Morgan fingerprint density at radius 2 is 1.77 bits per heavy atom. The summed E-state index contributed by atoms with van der Waals surface area (Å²) in [5, 5.41) is 0.0393. The summed E-state index contributed by atoms with van der Waals surface area (Å²) < 4.78 is 27.4. The minimum Gasteiger partial charge on any atom is -0.449 e. The van der Waals surface area contributed by atoms with Crippen LogP contribution in [-0.4, -0.2) is 14.7 Å². The summed E-state index contributed by atoms with van der Waals surface area (Å²) in [7, 11) is -3.21. The van der Waals surface area contributed by atoms with E-state index in [-0.39, 0.29) is 10.5 Å². The molecule has 74 valence electrons. The molecule has 0 bridgehead atoms. The highest BCUT2D eigenvalue weighted by molar-refractivity contribution is 7.90. The molecule has 0 aliphatic carbocycles. The Morgan fingerprint density at radius 1 is 1.23 bits per heavy atom. The van der Waals surface area contributed by atoms with Crippen molar-refractivity contribution < 1.29 is 12.8 Å². The first-order valence-electron chi connectivity index (χ1n) is 4.01. The van der Waals surface area contributed by atoms with Crippen molar-refractivity contribution in [3.63, 3.8) is 0 Å². The van der Waals surface area contributed by atoms with Gasteiger partial charge in [-0.1, -0.05) is 20.8 Å². The van der Waals surface area contributed by atoms with Crippen LogP contribution in [0.25, 0.3) is 0 Å². The molecule has 4 heteroatoms. The zero-order valence-corrected chi connectivity index (χ0v) is 9.10. The van der Waals surface area contributed by atoms with Gasteiger partial charge in [0.2, 0.25) is 14.9 Å². The van der Waals surface area contributed by atoms with Gasteiger partial charge >= 0.3 is 0 Å². The van der Waals surface area contributed by atoms with Gasteiger partial charge in [-0.25, -0.2) is 8.42 Å². The van der Waals surface area contributed by atoms with Gasteiger partial charge < -0.3 is 4.42 Å². The van der Waals surface area contributed by atoms with Gasteiger partial charge in [0, 0.05) is 11.7 Å². The average Bonchev–Trinajstić information content (AvgIpc) is 2.28. The predicted octanol–water partition coefficient (Wildman–Crippen LogP) is 1.98. The molecular formula is C9H14O3S. The summed E-state index contributed by atoms with van der Waals surface area (Å²) in [4.78, 5) is 0. The van der Waals surface area contributed by atoms with Gasteiger partial charge in [-0.3, -0.25) is 0 Å². The number of hydrogen-bond acceptors (Lipinski definition) is 3. The molecule has 0 saturated heterocycles. The fourth-order valence-corrected chi connectivity index (χ4v) is 1.48. The lowest BCUT2D eigenvalue weighted by Gasteiger charge is -2.13. The van der Waals surface area contributed by atoms with Crippen molar-refractivity contribution in [3.05, 3.63) is 17.9 Å². The van der Waals surface area contributed by atoms with Gasteiger partial charge in [-0.2, -0.15) is 0 Å². The molecule has 3 nitrogen and oxygen atoms in total. The maximum Gasteiger partial charge on any atom is 0.217 e. The van der Waals surface area contributed by atoms with E-state index in [2.05, 4.69) is 0 Å². The fraction of sp³-hybridized carbons (Fsp3) is 0.556. The summed E-state index contributed by atoms with van der Waals surface area (Å²) in [5.74, 6) is 0.688. The van der Waals surface area contributed by atoms with Crippen molar-refractivity contribution in [2.75, 3.05) is 6.26 Å². The van der Waals surface area contributed by atoms with E-state index in [1.165, 1.54) is 6.07 Å². The van der Waals surface area contributed by atoms with Crippen molar-refractivity contribution in [2.45, 2.75) is 31.3 Å². The molecule has 13 heavy (non-hydrogen) atoms. The minimum absolute atomic E-state index is 0.0393. The molecule has 0 spiro atoms. The SMILES string of the molecule is CC(C)(C)c1ccc(S(C)(=O)=O)o1. The standard InChI is InChI=1S/C9H14O3S/c1-9(2,3)7-5-6-8(12-7)13(4,10)11/h5-6H,1-4H3. The lowest BCUT2D eigenvalue weighted by Crippen LogP contribution is -2.09. The quantitative estimate of drug-likeness (QED) is 0.699. The highest BCUT2D eigenvalue weighted by Crippen LogP contribution is 2.25. The monoisotopic (exact) mass is 202 g/mol. The Kier molecular flexibility index (Phi) is 2.28. The Labute approximate surface area is 78.7 Å². The lowest BCUT2D eigenvalue weighted by atomic mass is 9.94. The second-order valence-corrected chi connectivity index (χ2v) is 6.09. The zero-order chi connectivity index (χ0) is 10.3. The number of hydrogen-bond donors (Lipinski definition) is 0. The van der Waals surface area contributed by atoms with E-state index >= 15 is 0 Å². The molecule has 0 atom stereocenters. The Hall–Kier alpha value is -0.770. The van der Waals surface area contributed by atoms with Gasteiger partial charge in [0.1, 0.15) is 5.76 Å². The van der Waals surface area contributed by atoms with Crippen LogP contribution in [0.1, 0.15) is 26.5 Å². The van der Waals surface area contributed by atoms with Crippen LogP contribution in [0.2, 0.25) is 0 Å². The molecule has 0 unspecified atom stereocenters. The lowest BCUT2D eigenvalue weighted by molar-refractivity contribution is 0.355. The molecule has 1 aromatic heterocycles. The van der Waals surface area contributed by atoms with E-state index in [1.54, 1.807) is 6.07 Å². The van der Waals surface area contributed by atoms with Crippen LogP contribution in [0.15, 0.2) is 21.6 Å². The summed E-state index contributed by atoms with van der Waals surface area (Å²) in [6.45, 7) is 5.91. The first-order chi connectivity index (χ1) is 5.71. The van der Waals surface area contributed by atoms with Gasteiger partial charge in [0.15, 0.2) is 0 Å². The van der Waals surface area contributed by atoms with Crippen LogP contribution in [0.5, 0.6) is 0 Å². The number of sulfone groups is 1. The van der Waals surface area contributed by atoms with Crippen molar-refractivity contribution in [3.8, 4) is 0 Å². The van der Waals surface area contributed by atoms with Crippen LogP contribution >= 0.6 is 0 Å². The van der Waals surface area contributed by atoms with Gasteiger partial charge in [-0.15, -0.1) is 0 Å². The van der Waals surface area contributed by atoms with Crippen LogP contribution in [0, 0.1) is 0 Å². The maximum absolute atomic E-state index is 11.1. The number of rotatable bonds is 1. The van der Waals surface area contributed by atoms with E-state index in [1.807, 2.05) is 20.8 Å². The smallest absolute Gasteiger partial charge is 0.217 e. The second-order valence-electron chi connectivity index (χ2n) is 4.14. The summed E-state index contributed by atoms with van der Waals surface area (Å²) >= 11 is 0. The van der Waals surface area contributed by atoms with Crippen LogP contribution in [-0.2, 0) is 15.3 Å². The van der Waals surface area contributed by atoms with E-state index in [0.717, 1.165) is 6.26 Å². The first-order valence-corrected chi connectivity index (χ1v) is 5.91. The summed E-state index contributed by atoms with van der Waals surface area (Å²) in [5.41, 5.74) is -0.150. The minimum atomic E-state index is -3.21. The summed E-state index contributed by atoms with van der Waals surface area (Å²) in [6, 6.07) is 3.20. The molecule has 0 N–H and O–H groups in total. The van der Waals surface area contributed by atoms with E-state index in [0.29, 0.717) is 5.76 Å². The van der Waals surface area contributed by atoms with Crippen LogP contribution in [0.4, 0.5) is 0 Å². The van der Waals surface area contributed by atoms with Crippen LogP contribution in [0.3, 0.4) is 0 Å². The van der Waals surface area contributed by atoms with Crippen molar-refractivity contribution in [2.24, 2.45) is 0 Å². The average molecular weight is 202 g/mol. The van der Waals surface area contributed by atoms with E-state index in [4.69, 9.17) is 4.42 Å². The third-order valence-electron chi connectivity index (χ3n) is 1.69. The highest BCUT2D eigenvalue weighted by atomic mass is 32.2. The van der Waals surface area contributed by atoms with Gasteiger partial charge in [-0.05, 0) is 12.1 Å². The second kappa shape index (κ2) is 2.87. The molecular weight excluding hydrogens is 188 g/mol. The Balaban J connectivity index is 3.16. The molecule has 0 radical (unpaired) electrons. The molecule has 0 amide bonds. The Morgan fingerprint density at radius 3 is 2.00 bits per heavy atom. The topological polar surface area (TPSA) is 47.3 Å². The molecule has 1 rings (SSSR count). The normalized spacial score (nSPS) is 13.2. The molecule has 0 aliphatic heterocycles. The van der Waals surface area contributed by atoms with Crippen molar-refractivity contribution in [1.82, 2.24) is 0 Å². The summed E-state index contributed by atoms with van der Waals surface area (Å²) in [6.07, 6.45) is 1.14. The van der Waals surface area contributed by atoms with E-state index < -0.39 is 9.84 Å². The zero-order valence-electron chi connectivity index (χ0n) is 8.29. The highest BCUT2D eigenvalue weighted by Gasteiger charge is 2.21. The molecule has 1 aromatic rings. The molecule has 0 fully saturated rings. The maximum atomic E-state index is 11.1. The van der Waals surface area contributed by atoms with Gasteiger partial charge in [0.25, 0.3) is 0 Å². The molecule has 1 heterocycles. The fourth-order valence-electron chi connectivity index (χ4n) is 0.923. The molecule has 0 aliphatic rings. The Bertz CT molecular complexity index is 393. The third kappa shape index (κ3) is 2.34.